The molecule has 1 unspecified atom stereocenters. The van der Waals surface area contributed by atoms with Crippen LogP contribution in [0.3, 0.4) is 0 Å². The van der Waals surface area contributed by atoms with Crippen molar-refractivity contribution >= 4 is 15.8 Å². The maximum Gasteiger partial charge on any atom is 0.321 e. The molecule has 0 radical (unpaired) electrons. The third-order valence-corrected chi connectivity index (χ3v) is 4.04. The fourth-order valence-electron chi connectivity index (χ4n) is 1.12. The number of hydrogen-bond acceptors (Lipinski definition) is 4. The molecule has 0 aliphatic carbocycles. The minimum atomic E-state index is -3.59. The lowest BCUT2D eigenvalue weighted by molar-refractivity contribution is -0.136. The number of ether oxygens (including phenoxy) is 1. The molecule has 0 rings (SSSR count). The number of sulfone groups is 1. The van der Waals surface area contributed by atoms with Gasteiger partial charge in [-0.3, -0.25) is 4.79 Å². The van der Waals surface area contributed by atoms with Gasteiger partial charge in [-0.15, -0.1) is 0 Å². The highest BCUT2D eigenvalue weighted by atomic mass is 32.2. The number of carboxylic acids is 1. The number of aliphatic carboxylic acids is 1. The summed E-state index contributed by atoms with van der Waals surface area (Å²) in [6.07, 6.45) is 0.0319. The fourth-order valence-corrected chi connectivity index (χ4v) is 2.55. The summed E-state index contributed by atoms with van der Waals surface area (Å²) in [4.78, 5) is 10.7. The van der Waals surface area contributed by atoms with Crippen LogP contribution in [0.1, 0.15) is 27.2 Å². The van der Waals surface area contributed by atoms with E-state index in [4.69, 9.17) is 9.84 Å². The zero-order valence-corrected chi connectivity index (χ0v) is 10.1. The molecule has 6 heteroatoms. The van der Waals surface area contributed by atoms with Gasteiger partial charge in [-0.25, -0.2) is 8.42 Å². The molecule has 1 atom stereocenters. The highest BCUT2D eigenvalue weighted by molar-refractivity contribution is 7.92. The van der Waals surface area contributed by atoms with E-state index >= 15 is 0 Å². The van der Waals surface area contributed by atoms with Gasteiger partial charge in [0.1, 0.15) is 0 Å². The first-order chi connectivity index (χ1) is 6.81. The number of carboxylic acid groups (broad SMARTS) is 1. The molecule has 0 heterocycles. The molecule has 0 amide bonds. The predicted molar refractivity (Wildman–Crippen MR) is 56.6 cm³/mol. The van der Waals surface area contributed by atoms with Gasteiger partial charge >= 0.3 is 5.97 Å². The Labute approximate surface area is 90.4 Å². The van der Waals surface area contributed by atoms with Crippen LogP contribution in [0.15, 0.2) is 0 Å². The van der Waals surface area contributed by atoms with Crippen LogP contribution in [0, 0.1) is 0 Å². The van der Waals surface area contributed by atoms with Crippen molar-refractivity contribution in [2.24, 2.45) is 0 Å². The Bertz CT molecular complexity index is 294. The second-order valence-electron chi connectivity index (χ2n) is 3.52. The molecule has 0 saturated carbocycles. The molecule has 0 saturated heterocycles. The van der Waals surface area contributed by atoms with Crippen LogP contribution >= 0.6 is 0 Å². The standard InChI is InChI=1S/C9H18O5S/c1-4-8(9(10)11)15(12,13)6-5-14-7(2)3/h7-8H,4-6H2,1-3H3,(H,10,11). The molecule has 0 aromatic rings. The zero-order valence-electron chi connectivity index (χ0n) is 9.26. The molecule has 0 fully saturated rings. The van der Waals surface area contributed by atoms with Gasteiger partial charge in [0.25, 0.3) is 0 Å². The molecule has 90 valence electrons. The highest BCUT2D eigenvalue weighted by Gasteiger charge is 2.30. The SMILES string of the molecule is CCC(C(=O)O)S(=O)(=O)CCOC(C)C. The van der Waals surface area contributed by atoms with Crippen LogP contribution in [0.2, 0.25) is 0 Å². The summed E-state index contributed by atoms with van der Waals surface area (Å²) < 4.78 is 28.1. The third-order valence-electron chi connectivity index (χ3n) is 1.90. The molecular weight excluding hydrogens is 220 g/mol. The number of carbonyl (C=O) groups is 1. The second kappa shape index (κ2) is 6.07. The first-order valence-corrected chi connectivity index (χ1v) is 6.58. The Morgan fingerprint density at radius 3 is 2.27 bits per heavy atom. The fraction of sp³-hybridized carbons (Fsp3) is 0.889. The molecule has 1 N–H and O–H groups in total. The van der Waals surface area contributed by atoms with Crippen molar-refractivity contribution in [1.82, 2.24) is 0 Å². The lowest BCUT2D eigenvalue weighted by atomic mass is 10.3. The minimum Gasteiger partial charge on any atom is -0.480 e. The topological polar surface area (TPSA) is 80.7 Å². The summed E-state index contributed by atoms with van der Waals surface area (Å²) >= 11 is 0. The summed E-state index contributed by atoms with van der Waals surface area (Å²) in [5.74, 6) is -1.53. The molecule has 0 aromatic carbocycles. The van der Waals surface area contributed by atoms with Crippen molar-refractivity contribution in [3.8, 4) is 0 Å². The van der Waals surface area contributed by atoms with Gasteiger partial charge in [0.15, 0.2) is 15.1 Å². The first kappa shape index (κ1) is 14.4. The van der Waals surface area contributed by atoms with Gasteiger partial charge in [-0.2, -0.15) is 0 Å². The van der Waals surface area contributed by atoms with Crippen molar-refractivity contribution in [2.75, 3.05) is 12.4 Å². The molecule has 0 bridgehead atoms. The van der Waals surface area contributed by atoms with Crippen LogP contribution in [-0.2, 0) is 19.4 Å². The van der Waals surface area contributed by atoms with Crippen LogP contribution in [-0.4, -0.2) is 43.2 Å². The van der Waals surface area contributed by atoms with E-state index in [0.29, 0.717) is 0 Å². The molecular formula is C9H18O5S. The summed E-state index contributed by atoms with van der Waals surface area (Å²) in [6, 6.07) is 0. The average molecular weight is 238 g/mol. The van der Waals surface area contributed by atoms with E-state index in [1.807, 2.05) is 0 Å². The second-order valence-corrected chi connectivity index (χ2v) is 5.82. The maximum absolute atomic E-state index is 11.5. The van der Waals surface area contributed by atoms with Crippen molar-refractivity contribution in [3.63, 3.8) is 0 Å². The van der Waals surface area contributed by atoms with Crippen LogP contribution < -0.4 is 0 Å². The monoisotopic (exact) mass is 238 g/mol. The van der Waals surface area contributed by atoms with Gasteiger partial charge in [-0.1, -0.05) is 6.92 Å². The van der Waals surface area contributed by atoms with Gasteiger partial charge in [0, 0.05) is 0 Å². The quantitative estimate of drug-likeness (QED) is 0.705. The van der Waals surface area contributed by atoms with E-state index < -0.39 is 21.1 Å². The normalized spacial score (nSPS) is 14.1. The Morgan fingerprint density at radius 2 is 1.93 bits per heavy atom. The van der Waals surface area contributed by atoms with Crippen molar-refractivity contribution in [3.05, 3.63) is 0 Å². The van der Waals surface area contributed by atoms with Crippen molar-refractivity contribution in [2.45, 2.75) is 38.5 Å². The molecule has 0 spiro atoms. The first-order valence-electron chi connectivity index (χ1n) is 4.87. The zero-order chi connectivity index (χ0) is 12.1. The van der Waals surface area contributed by atoms with Gasteiger partial charge < -0.3 is 9.84 Å². The Morgan fingerprint density at radius 1 is 1.40 bits per heavy atom. The molecule has 0 aromatic heterocycles. The smallest absolute Gasteiger partial charge is 0.321 e. The van der Waals surface area contributed by atoms with Gasteiger partial charge in [0.05, 0.1) is 18.5 Å². The van der Waals surface area contributed by atoms with E-state index in [0.717, 1.165) is 0 Å². The van der Waals surface area contributed by atoms with Crippen molar-refractivity contribution in [1.29, 1.82) is 0 Å². The highest BCUT2D eigenvalue weighted by Crippen LogP contribution is 2.07. The number of rotatable bonds is 7. The van der Waals surface area contributed by atoms with Gasteiger partial charge in [0.2, 0.25) is 0 Å². The lowest BCUT2D eigenvalue weighted by Crippen LogP contribution is -2.33. The lowest BCUT2D eigenvalue weighted by Gasteiger charge is -2.12. The molecule has 0 aliphatic heterocycles. The molecule has 0 aliphatic rings. The average Bonchev–Trinajstić information content (AvgIpc) is 2.01. The summed E-state index contributed by atoms with van der Waals surface area (Å²) in [6.45, 7) is 5.17. The van der Waals surface area contributed by atoms with Crippen LogP contribution in [0.4, 0.5) is 0 Å². The van der Waals surface area contributed by atoms with Crippen LogP contribution in [0.25, 0.3) is 0 Å². The number of hydrogen-bond donors (Lipinski definition) is 1. The largest absolute Gasteiger partial charge is 0.480 e. The molecule has 5 nitrogen and oxygen atoms in total. The van der Waals surface area contributed by atoms with E-state index in [-0.39, 0.29) is 24.9 Å². The van der Waals surface area contributed by atoms with E-state index in [2.05, 4.69) is 0 Å². The Balaban J connectivity index is 4.34. The maximum atomic E-state index is 11.5. The summed E-state index contributed by atoms with van der Waals surface area (Å²) in [5, 5.41) is 7.39. The molecule has 15 heavy (non-hydrogen) atoms. The van der Waals surface area contributed by atoms with Gasteiger partial charge in [-0.05, 0) is 20.3 Å². The van der Waals surface area contributed by atoms with E-state index in [1.165, 1.54) is 0 Å². The Kier molecular flexibility index (Phi) is 5.82. The minimum absolute atomic E-state index is 0.0454. The predicted octanol–water partition coefficient (Wildman–Crippen LogP) is 0.689. The van der Waals surface area contributed by atoms with Crippen LogP contribution in [0.5, 0.6) is 0 Å². The van der Waals surface area contributed by atoms with E-state index in [1.54, 1.807) is 20.8 Å². The summed E-state index contributed by atoms with van der Waals surface area (Å²) in [5.41, 5.74) is 0. The van der Waals surface area contributed by atoms with E-state index in [9.17, 15) is 13.2 Å². The van der Waals surface area contributed by atoms with Crippen molar-refractivity contribution < 1.29 is 23.1 Å². The Hall–Kier alpha value is -0.620. The third kappa shape index (κ3) is 5.13. The summed E-state index contributed by atoms with van der Waals surface area (Å²) in [7, 11) is -3.59.